The lowest BCUT2D eigenvalue weighted by Crippen LogP contribution is -2.72. The molecule has 2 aliphatic heterocycles. The average molecular weight is 555 g/mol. The largest absolute Gasteiger partial charge is 0.445 e. The van der Waals surface area contributed by atoms with Crippen LogP contribution in [0.25, 0.3) is 0 Å². The summed E-state index contributed by atoms with van der Waals surface area (Å²) < 4.78 is 5.23. The summed E-state index contributed by atoms with van der Waals surface area (Å²) in [6, 6.07) is 16.8. The van der Waals surface area contributed by atoms with Crippen molar-refractivity contribution in [2.45, 2.75) is 70.2 Å². The summed E-state index contributed by atoms with van der Waals surface area (Å²) >= 11 is 6.01. The first-order valence-electron chi connectivity index (χ1n) is 13.9. The molecule has 0 saturated carbocycles. The van der Waals surface area contributed by atoms with Crippen molar-refractivity contribution in [2.24, 2.45) is 0 Å². The minimum atomic E-state index is -0.774. The number of likely N-dealkylation sites (tertiary alicyclic amines) is 1. The predicted molar refractivity (Wildman–Crippen MR) is 151 cm³/mol. The van der Waals surface area contributed by atoms with Crippen molar-refractivity contribution >= 4 is 29.5 Å². The molecule has 2 aliphatic rings. The fourth-order valence-electron chi connectivity index (χ4n) is 5.48. The summed E-state index contributed by atoms with van der Waals surface area (Å²) in [4.78, 5) is 43.1. The number of nitrogens with one attached hydrogen (secondary N) is 2. The maximum Gasteiger partial charge on any atom is 0.407 e. The van der Waals surface area contributed by atoms with Crippen LogP contribution in [-0.4, -0.2) is 65.5 Å². The van der Waals surface area contributed by atoms with Crippen molar-refractivity contribution < 1.29 is 19.1 Å². The van der Waals surface area contributed by atoms with Gasteiger partial charge in [-0.15, -0.1) is 0 Å². The molecule has 8 nitrogen and oxygen atoms in total. The molecular weight excluding hydrogens is 516 g/mol. The number of hydrogen-bond acceptors (Lipinski definition) is 5. The van der Waals surface area contributed by atoms with Crippen LogP contribution >= 0.6 is 11.6 Å². The van der Waals surface area contributed by atoms with E-state index in [0.29, 0.717) is 45.2 Å². The molecule has 1 spiro atoms. The molecule has 2 aromatic rings. The third-order valence-electron chi connectivity index (χ3n) is 7.66. The first-order chi connectivity index (χ1) is 18.9. The molecule has 2 fully saturated rings. The Morgan fingerprint density at radius 2 is 1.77 bits per heavy atom. The molecule has 0 radical (unpaired) electrons. The lowest BCUT2D eigenvalue weighted by atomic mass is 9.81. The Kier molecular flexibility index (Phi) is 10.2. The SMILES string of the molecule is CCCN1C(=O)[C@H](CCCCNC(=O)OCc2ccccc2)NC(=O)C12CCN(Cc1ccc(Cl)cc1)CC2. The van der Waals surface area contributed by atoms with Gasteiger partial charge in [-0.3, -0.25) is 14.5 Å². The van der Waals surface area contributed by atoms with Crippen molar-refractivity contribution in [3.05, 3.63) is 70.7 Å². The van der Waals surface area contributed by atoms with Gasteiger partial charge >= 0.3 is 6.09 Å². The van der Waals surface area contributed by atoms with Crippen molar-refractivity contribution in [2.75, 3.05) is 26.2 Å². The highest BCUT2D eigenvalue weighted by Gasteiger charge is 2.53. The van der Waals surface area contributed by atoms with Crippen LogP contribution in [0.1, 0.15) is 56.6 Å². The number of alkyl carbamates (subject to hydrolysis) is 1. The van der Waals surface area contributed by atoms with Crippen LogP contribution in [0.4, 0.5) is 4.79 Å². The standard InChI is InChI=1S/C30H39ClN4O4/c1-2-18-35-27(36)26(10-6-7-17-32-29(38)39-22-24-8-4-3-5-9-24)33-28(37)30(35)15-19-34(20-16-30)21-23-11-13-25(31)14-12-23/h3-5,8-9,11-14,26H,2,6-7,10,15-22H2,1H3,(H,32,38)(H,33,37)/t26-/m0/s1. The van der Waals surface area contributed by atoms with Gasteiger partial charge in [-0.25, -0.2) is 4.79 Å². The molecule has 210 valence electrons. The Morgan fingerprint density at radius 3 is 2.46 bits per heavy atom. The molecular formula is C30H39ClN4O4. The molecule has 2 heterocycles. The van der Waals surface area contributed by atoms with Crippen LogP contribution in [0.2, 0.25) is 5.02 Å². The molecule has 0 aliphatic carbocycles. The van der Waals surface area contributed by atoms with E-state index < -0.39 is 17.7 Å². The third kappa shape index (κ3) is 7.51. The Labute approximate surface area is 236 Å². The summed E-state index contributed by atoms with van der Waals surface area (Å²) in [5, 5.41) is 6.52. The van der Waals surface area contributed by atoms with Crippen LogP contribution in [0.15, 0.2) is 54.6 Å². The molecule has 2 N–H and O–H groups in total. The van der Waals surface area contributed by atoms with Gasteiger partial charge in [0, 0.05) is 37.7 Å². The smallest absolute Gasteiger partial charge is 0.407 e. The Hall–Kier alpha value is -3.10. The zero-order valence-corrected chi connectivity index (χ0v) is 23.4. The first-order valence-corrected chi connectivity index (χ1v) is 14.3. The lowest BCUT2D eigenvalue weighted by molar-refractivity contribution is -0.161. The van der Waals surface area contributed by atoms with Gasteiger partial charge in [0.15, 0.2) is 0 Å². The zero-order chi connectivity index (χ0) is 27.7. The fraction of sp³-hybridized carbons (Fsp3) is 0.500. The topological polar surface area (TPSA) is 91.0 Å². The van der Waals surface area contributed by atoms with Crippen molar-refractivity contribution in [3.63, 3.8) is 0 Å². The van der Waals surface area contributed by atoms with Crippen LogP contribution in [0.5, 0.6) is 0 Å². The summed E-state index contributed by atoms with van der Waals surface area (Å²) in [7, 11) is 0. The lowest BCUT2D eigenvalue weighted by Gasteiger charge is -2.51. The van der Waals surface area contributed by atoms with E-state index in [2.05, 4.69) is 15.5 Å². The molecule has 3 amide bonds. The van der Waals surface area contributed by atoms with Crippen LogP contribution in [0, 0.1) is 0 Å². The molecule has 0 aromatic heterocycles. The van der Waals surface area contributed by atoms with Gasteiger partial charge in [0.2, 0.25) is 11.8 Å². The average Bonchev–Trinajstić information content (AvgIpc) is 2.95. The third-order valence-corrected chi connectivity index (χ3v) is 7.91. The van der Waals surface area contributed by atoms with E-state index in [1.165, 1.54) is 5.56 Å². The van der Waals surface area contributed by atoms with E-state index >= 15 is 0 Å². The second-order valence-electron chi connectivity index (χ2n) is 10.4. The minimum absolute atomic E-state index is 0.0119. The number of nitrogens with zero attached hydrogens (tertiary/aromatic N) is 2. The van der Waals surface area contributed by atoms with Gasteiger partial charge in [0.05, 0.1) is 0 Å². The fourth-order valence-corrected chi connectivity index (χ4v) is 5.61. The van der Waals surface area contributed by atoms with Gasteiger partial charge in [0.1, 0.15) is 18.2 Å². The maximum atomic E-state index is 13.5. The first kappa shape index (κ1) is 28.9. The van der Waals surface area contributed by atoms with E-state index in [9.17, 15) is 14.4 Å². The number of rotatable bonds is 11. The number of unbranched alkanes of at least 4 members (excludes halogenated alkanes) is 1. The van der Waals surface area contributed by atoms with Gasteiger partial charge in [0.25, 0.3) is 0 Å². The molecule has 0 unspecified atom stereocenters. The van der Waals surface area contributed by atoms with E-state index in [-0.39, 0.29) is 18.4 Å². The summed E-state index contributed by atoms with van der Waals surface area (Å²) in [5.41, 5.74) is 1.34. The molecule has 4 rings (SSSR count). The van der Waals surface area contributed by atoms with Crippen LogP contribution in [0.3, 0.4) is 0 Å². The zero-order valence-electron chi connectivity index (χ0n) is 22.7. The van der Waals surface area contributed by atoms with Gasteiger partial charge in [-0.1, -0.05) is 61.0 Å². The van der Waals surface area contributed by atoms with Gasteiger partial charge in [-0.05, 0) is 61.8 Å². The molecule has 0 bridgehead atoms. The normalized spacial score (nSPS) is 19.1. The van der Waals surface area contributed by atoms with Crippen molar-refractivity contribution in [1.82, 2.24) is 20.4 Å². The number of halogens is 1. The van der Waals surface area contributed by atoms with Gasteiger partial charge in [-0.2, -0.15) is 0 Å². The molecule has 1 atom stereocenters. The molecule has 39 heavy (non-hydrogen) atoms. The second kappa shape index (κ2) is 13.8. The Morgan fingerprint density at radius 1 is 1.05 bits per heavy atom. The van der Waals surface area contributed by atoms with E-state index in [1.807, 2.05) is 66.4 Å². The van der Waals surface area contributed by atoms with Crippen molar-refractivity contribution in [1.29, 1.82) is 0 Å². The summed E-state index contributed by atoms with van der Waals surface area (Å²) in [5.74, 6) is -0.0212. The molecule has 2 aromatic carbocycles. The number of ether oxygens (including phenoxy) is 1. The molecule has 2 saturated heterocycles. The monoisotopic (exact) mass is 554 g/mol. The predicted octanol–water partition coefficient (Wildman–Crippen LogP) is 4.51. The van der Waals surface area contributed by atoms with E-state index in [1.54, 1.807) is 0 Å². The number of amides is 3. The Bertz CT molecular complexity index is 1100. The van der Waals surface area contributed by atoms with E-state index in [4.69, 9.17) is 16.3 Å². The summed E-state index contributed by atoms with van der Waals surface area (Å²) in [6.45, 7) is 5.60. The number of carbonyl (C=O) groups is 3. The number of benzene rings is 2. The van der Waals surface area contributed by atoms with Crippen LogP contribution in [-0.2, 0) is 27.5 Å². The minimum Gasteiger partial charge on any atom is -0.445 e. The maximum absolute atomic E-state index is 13.5. The quantitative estimate of drug-likeness (QED) is 0.399. The van der Waals surface area contributed by atoms with Gasteiger partial charge < -0.3 is 20.3 Å². The summed E-state index contributed by atoms with van der Waals surface area (Å²) in [6.07, 6.45) is 3.54. The highest BCUT2D eigenvalue weighted by Crippen LogP contribution is 2.34. The Balaban J connectivity index is 1.23. The van der Waals surface area contributed by atoms with Crippen LogP contribution < -0.4 is 10.6 Å². The number of hydrogen-bond donors (Lipinski definition) is 2. The van der Waals surface area contributed by atoms with E-state index in [0.717, 1.165) is 36.6 Å². The van der Waals surface area contributed by atoms with Crippen molar-refractivity contribution in [3.8, 4) is 0 Å². The number of piperidine rings is 1. The highest BCUT2D eigenvalue weighted by atomic mass is 35.5. The molecule has 9 heteroatoms. The highest BCUT2D eigenvalue weighted by molar-refractivity contribution is 6.30. The number of carbonyl (C=O) groups excluding carboxylic acids is 3. The second-order valence-corrected chi connectivity index (χ2v) is 10.9. The number of piperazine rings is 1.